The summed E-state index contributed by atoms with van der Waals surface area (Å²) in [6, 6.07) is 0. The predicted octanol–water partition coefficient (Wildman–Crippen LogP) is 0.443. The molecule has 1 N–H and O–H groups in total. The van der Waals surface area contributed by atoms with Crippen LogP contribution in [-0.4, -0.2) is 13.0 Å². The van der Waals surface area contributed by atoms with Crippen molar-refractivity contribution in [2.45, 2.75) is 19.7 Å². The molecule has 2 nitrogen and oxygen atoms in total. The Labute approximate surface area is 45.3 Å². The standard InChI is InChI=1S/C5H10NO/c1-2-3-4-6-5-7/h2-4H2,1H3,(H,6,7)/i2T. The van der Waals surface area contributed by atoms with Crippen LogP contribution < -0.4 is 5.32 Å². The average Bonchev–Trinajstić information content (AvgIpc) is 1.66. The van der Waals surface area contributed by atoms with Crippen LogP contribution in [0, 0.1) is 0 Å². The Bertz CT molecular complexity index is 65.4. The van der Waals surface area contributed by atoms with E-state index < -0.39 is 0 Å². The number of carbonyl (C=O) groups excluding carboxylic acids is 1. The molecular weight excluding hydrogens is 90.1 g/mol. The fraction of sp³-hybridized carbons (Fsp3) is 0.800. The van der Waals surface area contributed by atoms with Gasteiger partial charge < -0.3 is 5.32 Å². The minimum Gasteiger partial charge on any atom is -0.348 e. The summed E-state index contributed by atoms with van der Waals surface area (Å²) in [6.45, 7) is 2.35. The summed E-state index contributed by atoms with van der Waals surface area (Å²) in [5.74, 6) is 0. The van der Waals surface area contributed by atoms with Gasteiger partial charge in [0.1, 0.15) is 0 Å². The van der Waals surface area contributed by atoms with E-state index in [-0.39, 0.29) is 6.40 Å². The summed E-state index contributed by atoms with van der Waals surface area (Å²) in [7, 11) is 0. The first kappa shape index (κ1) is 4.62. The van der Waals surface area contributed by atoms with Crippen LogP contribution in [0.5, 0.6) is 0 Å². The SMILES string of the molecule is [3H]C(C)CCN[C]=O. The zero-order valence-corrected chi connectivity index (χ0v) is 4.40. The van der Waals surface area contributed by atoms with Gasteiger partial charge in [-0.05, 0) is 6.42 Å². The summed E-state index contributed by atoms with van der Waals surface area (Å²) in [5.41, 5.74) is 0. The van der Waals surface area contributed by atoms with Gasteiger partial charge >= 0.3 is 6.41 Å². The van der Waals surface area contributed by atoms with Crippen molar-refractivity contribution in [3.63, 3.8) is 0 Å². The van der Waals surface area contributed by atoms with Crippen molar-refractivity contribution in [1.29, 1.82) is 0 Å². The highest BCUT2D eigenvalue weighted by atomic mass is 16.1. The first-order valence-corrected chi connectivity index (χ1v) is 2.29. The lowest BCUT2D eigenvalue weighted by Gasteiger charge is -1.89. The lowest BCUT2D eigenvalue weighted by Crippen LogP contribution is -2.11. The maximum Gasteiger partial charge on any atom is 0.309 e. The van der Waals surface area contributed by atoms with Gasteiger partial charge in [-0.3, -0.25) is 4.79 Å². The molecule has 0 bridgehead atoms. The molecule has 0 aromatic heterocycles. The highest BCUT2D eigenvalue weighted by Crippen LogP contribution is 1.79. The van der Waals surface area contributed by atoms with E-state index in [9.17, 15) is 4.79 Å². The second kappa shape index (κ2) is 5.47. The molecule has 0 fully saturated rings. The molecule has 1 amide bonds. The lowest BCUT2D eigenvalue weighted by atomic mass is 10.3. The maximum atomic E-state index is 9.49. The van der Waals surface area contributed by atoms with Crippen molar-refractivity contribution in [3.05, 3.63) is 0 Å². The quantitative estimate of drug-likeness (QED) is 0.405. The summed E-state index contributed by atoms with van der Waals surface area (Å²) >= 11 is 0. The van der Waals surface area contributed by atoms with Crippen molar-refractivity contribution >= 4 is 6.41 Å². The van der Waals surface area contributed by atoms with Crippen LogP contribution in [0.2, 0.25) is 0 Å². The second-order valence-electron chi connectivity index (χ2n) is 1.23. The van der Waals surface area contributed by atoms with E-state index in [0.29, 0.717) is 13.0 Å². The van der Waals surface area contributed by atoms with Crippen LogP contribution in [0.15, 0.2) is 0 Å². The Morgan fingerprint density at radius 2 is 2.71 bits per heavy atom. The fourth-order valence-electron chi connectivity index (χ4n) is 0.268. The Balaban J connectivity index is 2.81. The predicted molar refractivity (Wildman–Crippen MR) is 28.6 cm³/mol. The molecule has 0 rings (SSSR count). The van der Waals surface area contributed by atoms with E-state index in [1.54, 1.807) is 6.92 Å². The molecular formula is C5H10NO. The Morgan fingerprint density at radius 1 is 2.00 bits per heavy atom. The molecule has 0 heterocycles. The zero-order valence-electron chi connectivity index (χ0n) is 5.40. The van der Waals surface area contributed by atoms with Crippen LogP contribution in [-0.2, 0) is 4.79 Å². The van der Waals surface area contributed by atoms with E-state index in [0.717, 1.165) is 0 Å². The second-order valence-corrected chi connectivity index (χ2v) is 1.23. The summed E-state index contributed by atoms with van der Waals surface area (Å²) in [5, 5.41) is 2.35. The van der Waals surface area contributed by atoms with Gasteiger partial charge in [-0.2, -0.15) is 0 Å². The van der Waals surface area contributed by atoms with Gasteiger partial charge in [0.05, 0.1) is 0 Å². The fourth-order valence-corrected chi connectivity index (χ4v) is 0.268. The monoisotopic (exact) mass is 102 g/mol. The van der Waals surface area contributed by atoms with Crippen molar-refractivity contribution in [2.24, 2.45) is 0 Å². The van der Waals surface area contributed by atoms with Crippen molar-refractivity contribution in [3.8, 4) is 0 Å². The highest BCUT2D eigenvalue weighted by molar-refractivity contribution is 5.46. The molecule has 1 atom stereocenters. The molecule has 0 saturated heterocycles. The van der Waals surface area contributed by atoms with Gasteiger partial charge in [0.2, 0.25) is 0 Å². The molecule has 7 heavy (non-hydrogen) atoms. The topological polar surface area (TPSA) is 29.1 Å². The van der Waals surface area contributed by atoms with Gasteiger partial charge in [0.25, 0.3) is 0 Å². The Kier molecular flexibility index (Phi) is 3.61. The third-order valence-electron chi connectivity index (χ3n) is 0.630. The van der Waals surface area contributed by atoms with Gasteiger partial charge in [0, 0.05) is 7.92 Å². The summed E-state index contributed by atoms with van der Waals surface area (Å²) < 4.78 is 6.99. The molecule has 2 heteroatoms. The largest absolute Gasteiger partial charge is 0.348 e. The van der Waals surface area contributed by atoms with Crippen LogP contribution in [0.1, 0.15) is 21.1 Å². The smallest absolute Gasteiger partial charge is 0.309 e. The molecule has 41 valence electrons. The third-order valence-corrected chi connectivity index (χ3v) is 0.630. The number of amides is 1. The third kappa shape index (κ3) is 5.47. The van der Waals surface area contributed by atoms with E-state index in [1.807, 2.05) is 0 Å². The Morgan fingerprint density at radius 3 is 3.14 bits per heavy atom. The van der Waals surface area contributed by atoms with Crippen LogP contribution in [0.25, 0.3) is 0 Å². The van der Waals surface area contributed by atoms with Gasteiger partial charge in [-0.15, -0.1) is 0 Å². The first-order valence-electron chi connectivity index (χ1n) is 2.87. The van der Waals surface area contributed by atoms with Crippen molar-refractivity contribution in [1.82, 2.24) is 5.32 Å². The molecule has 0 saturated carbocycles. The van der Waals surface area contributed by atoms with Crippen molar-refractivity contribution in [2.75, 3.05) is 6.54 Å². The minimum atomic E-state index is -0.0872. The normalized spacial score (nSPS) is 14.7. The first-order chi connectivity index (χ1) is 3.77. The maximum absolute atomic E-state index is 9.49. The molecule has 0 aliphatic carbocycles. The lowest BCUT2D eigenvalue weighted by molar-refractivity contribution is 0.540. The van der Waals surface area contributed by atoms with Crippen molar-refractivity contribution < 1.29 is 6.17 Å². The highest BCUT2D eigenvalue weighted by Gasteiger charge is 1.77. The van der Waals surface area contributed by atoms with Gasteiger partial charge in [-0.1, -0.05) is 13.3 Å². The molecule has 0 aliphatic rings. The van der Waals surface area contributed by atoms with E-state index in [2.05, 4.69) is 5.32 Å². The van der Waals surface area contributed by atoms with E-state index >= 15 is 0 Å². The summed E-state index contributed by atoms with van der Waals surface area (Å²) in [4.78, 5) is 9.49. The minimum absolute atomic E-state index is 0.0872. The van der Waals surface area contributed by atoms with Crippen LogP contribution >= 0.6 is 0 Å². The molecule has 1 radical (unpaired) electrons. The van der Waals surface area contributed by atoms with E-state index in [4.69, 9.17) is 1.37 Å². The van der Waals surface area contributed by atoms with Gasteiger partial charge in [-0.25, -0.2) is 0 Å². The average molecular weight is 102 g/mol. The number of hydrogen-bond donors (Lipinski definition) is 1. The number of nitrogens with one attached hydrogen (secondary N) is 1. The molecule has 1 unspecified atom stereocenters. The molecule has 0 aliphatic heterocycles. The number of hydrogen-bond acceptors (Lipinski definition) is 1. The van der Waals surface area contributed by atoms with Crippen LogP contribution in [0.4, 0.5) is 0 Å². The molecule has 0 spiro atoms. The molecule has 0 aromatic rings. The molecule has 0 aromatic carbocycles. The number of rotatable bonds is 4. The Hall–Kier alpha value is -0.530. The zero-order chi connectivity index (χ0) is 6.41. The summed E-state index contributed by atoms with van der Waals surface area (Å²) in [6.07, 6.45) is 2.16. The van der Waals surface area contributed by atoms with E-state index in [1.165, 1.54) is 6.41 Å². The van der Waals surface area contributed by atoms with Crippen LogP contribution in [0.3, 0.4) is 0 Å². The van der Waals surface area contributed by atoms with Gasteiger partial charge in [0.15, 0.2) is 0 Å².